The highest BCUT2D eigenvalue weighted by molar-refractivity contribution is 6.14. The van der Waals surface area contributed by atoms with Crippen LogP contribution in [0.4, 0.5) is 5.69 Å². The molecular weight excluding hydrogens is 438 g/mol. The minimum absolute atomic E-state index is 0.146. The zero-order chi connectivity index (χ0) is 24.1. The molecule has 0 aliphatic carbocycles. The summed E-state index contributed by atoms with van der Waals surface area (Å²) in [6.07, 6.45) is 1.60. The van der Waals surface area contributed by atoms with Crippen LogP contribution in [0.5, 0.6) is 28.7 Å². The number of amides is 1. The molecule has 1 aliphatic rings. The molecule has 0 saturated carbocycles. The summed E-state index contributed by atoms with van der Waals surface area (Å²) in [6.45, 7) is -0.228. The van der Waals surface area contributed by atoms with Crippen molar-refractivity contribution in [1.29, 1.82) is 0 Å². The van der Waals surface area contributed by atoms with Gasteiger partial charge in [0.1, 0.15) is 28.7 Å². The molecule has 0 bridgehead atoms. The number of para-hydroxylation sites is 2. The Morgan fingerprint density at radius 2 is 1.68 bits per heavy atom. The lowest BCUT2D eigenvalue weighted by molar-refractivity contribution is -0.118. The number of rotatable bonds is 8. The smallest absolute Gasteiger partial charge is 0.262 e. The van der Waals surface area contributed by atoms with Gasteiger partial charge in [0.2, 0.25) is 5.78 Å². The van der Waals surface area contributed by atoms with Gasteiger partial charge in [0.05, 0.1) is 32.6 Å². The molecule has 8 nitrogen and oxygen atoms in total. The molecule has 1 amide bonds. The van der Waals surface area contributed by atoms with Crippen LogP contribution in [0.2, 0.25) is 0 Å². The zero-order valence-corrected chi connectivity index (χ0v) is 18.9. The maximum atomic E-state index is 12.8. The third-order valence-electron chi connectivity index (χ3n) is 5.12. The first-order valence-corrected chi connectivity index (χ1v) is 10.4. The van der Waals surface area contributed by atoms with Crippen LogP contribution in [-0.4, -0.2) is 39.6 Å². The van der Waals surface area contributed by atoms with Gasteiger partial charge in [-0.2, -0.15) is 0 Å². The van der Waals surface area contributed by atoms with Gasteiger partial charge in [-0.3, -0.25) is 9.59 Å². The lowest BCUT2D eigenvalue weighted by atomic mass is 10.1. The van der Waals surface area contributed by atoms with E-state index in [1.54, 1.807) is 74.9 Å². The van der Waals surface area contributed by atoms with Crippen LogP contribution < -0.4 is 29.0 Å². The van der Waals surface area contributed by atoms with Crippen LogP contribution in [0, 0.1) is 0 Å². The highest BCUT2D eigenvalue weighted by Crippen LogP contribution is 2.36. The van der Waals surface area contributed by atoms with Gasteiger partial charge in [0, 0.05) is 11.6 Å². The van der Waals surface area contributed by atoms with E-state index in [1.165, 1.54) is 7.11 Å². The van der Waals surface area contributed by atoms with Crippen molar-refractivity contribution < 1.29 is 33.3 Å². The van der Waals surface area contributed by atoms with E-state index in [4.69, 9.17) is 23.7 Å². The molecule has 1 N–H and O–H groups in total. The lowest BCUT2D eigenvalue weighted by Crippen LogP contribution is -2.20. The van der Waals surface area contributed by atoms with Gasteiger partial charge in [0.25, 0.3) is 5.91 Å². The molecular formula is C26H23NO7. The molecule has 0 unspecified atom stereocenters. The van der Waals surface area contributed by atoms with Crippen LogP contribution in [0.3, 0.4) is 0 Å². The Kier molecular flexibility index (Phi) is 6.68. The number of fused-ring (bicyclic) bond motifs is 1. The summed E-state index contributed by atoms with van der Waals surface area (Å²) >= 11 is 0. The van der Waals surface area contributed by atoms with E-state index in [-0.39, 0.29) is 24.1 Å². The van der Waals surface area contributed by atoms with Crippen molar-refractivity contribution in [1.82, 2.24) is 0 Å². The lowest BCUT2D eigenvalue weighted by Gasteiger charge is -2.11. The molecule has 8 heteroatoms. The molecule has 0 aromatic heterocycles. The fourth-order valence-electron chi connectivity index (χ4n) is 3.43. The summed E-state index contributed by atoms with van der Waals surface area (Å²) in [5.41, 5.74) is 1.59. The fourth-order valence-corrected chi connectivity index (χ4v) is 3.43. The summed E-state index contributed by atoms with van der Waals surface area (Å²) in [6, 6.07) is 17.1. The molecule has 1 aliphatic heterocycles. The van der Waals surface area contributed by atoms with Crippen molar-refractivity contribution in [2.45, 2.75) is 0 Å². The number of benzene rings is 3. The topological polar surface area (TPSA) is 92.3 Å². The highest BCUT2D eigenvalue weighted by atomic mass is 16.5. The number of ketones is 1. The Hall–Kier alpha value is -4.46. The van der Waals surface area contributed by atoms with Crippen LogP contribution in [0.15, 0.2) is 66.4 Å². The van der Waals surface area contributed by atoms with Crippen LogP contribution >= 0.6 is 0 Å². The second-order valence-electron chi connectivity index (χ2n) is 7.24. The summed E-state index contributed by atoms with van der Waals surface area (Å²) in [5.74, 6) is 2.01. The number of allylic oxidation sites excluding steroid dienone is 1. The summed E-state index contributed by atoms with van der Waals surface area (Å²) in [4.78, 5) is 25.1. The largest absolute Gasteiger partial charge is 0.497 e. The normalized spacial score (nSPS) is 13.1. The minimum Gasteiger partial charge on any atom is -0.497 e. The number of hydrogen-bond acceptors (Lipinski definition) is 7. The summed E-state index contributed by atoms with van der Waals surface area (Å²) < 4.78 is 27.2. The molecule has 4 rings (SSSR count). The highest BCUT2D eigenvalue weighted by Gasteiger charge is 2.28. The third-order valence-corrected chi connectivity index (χ3v) is 5.12. The maximum absolute atomic E-state index is 12.8. The monoisotopic (exact) mass is 461 g/mol. The molecule has 0 spiro atoms. The number of anilines is 1. The van der Waals surface area contributed by atoms with E-state index in [0.29, 0.717) is 45.6 Å². The molecule has 174 valence electrons. The Balaban J connectivity index is 1.46. The Morgan fingerprint density at radius 1 is 0.912 bits per heavy atom. The first-order valence-electron chi connectivity index (χ1n) is 10.4. The van der Waals surface area contributed by atoms with Crippen molar-refractivity contribution in [3.8, 4) is 28.7 Å². The van der Waals surface area contributed by atoms with Gasteiger partial charge in [-0.15, -0.1) is 0 Å². The second kappa shape index (κ2) is 9.99. The summed E-state index contributed by atoms with van der Waals surface area (Å²) in [5, 5.41) is 2.74. The van der Waals surface area contributed by atoms with Gasteiger partial charge in [-0.25, -0.2) is 0 Å². The van der Waals surface area contributed by atoms with Crippen molar-refractivity contribution in [2.75, 3.05) is 33.3 Å². The molecule has 0 fully saturated rings. The van der Waals surface area contributed by atoms with Gasteiger partial charge >= 0.3 is 0 Å². The van der Waals surface area contributed by atoms with Crippen LogP contribution in [0.25, 0.3) is 6.08 Å². The standard InChI is InChI=1S/C26H23NO7/c1-30-17-9-11-21(31-2)16(12-17)13-24-26(29)19-10-8-18(14-23(19)34-24)33-15-25(28)27-20-6-4-5-7-22(20)32-3/h4-14H,15H2,1-3H3,(H,27,28). The number of hydrogen-bond donors (Lipinski definition) is 1. The zero-order valence-electron chi connectivity index (χ0n) is 18.9. The molecule has 0 atom stereocenters. The van der Waals surface area contributed by atoms with Crippen molar-refractivity contribution >= 4 is 23.5 Å². The van der Waals surface area contributed by atoms with Crippen LogP contribution in [0.1, 0.15) is 15.9 Å². The molecule has 0 radical (unpaired) electrons. The van der Waals surface area contributed by atoms with Gasteiger partial charge in [0.15, 0.2) is 12.4 Å². The third kappa shape index (κ3) is 4.80. The van der Waals surface area contributed by atoms with Gasteiger partial charge < -0.3 is 29.0 Å². The van der Waals surface area contributed by atoms with E-state index in [0.717, 1.165) is 0 Å². The van der Waals surface area contributed by atoms with E-state index >= 15 is 0 Å². The first-order chi connectivity index (χ1) is 16.5. The molecule has 34 heavy (non-hydrogen) atoms. The molecule has 1 heterocycles. The van der Waals surface area contributed by atoms with Crippen molar-refractivity contribution in [3.63, 3.8) is 0 Å². The van der Waals surface area contributed by atoms with Gasteiger partial charge in [-0.05, 0) is 48.5 Å². The number of Topliss-reactive ketones (excluding diaryl/α,β-unsaturated/α-hetero) is 1. The van der Waals surface area contributed by atoms with E-state index in [2.05, 4.69) is 5.32 Å². The number of carbonyl (C=O) groups excluding carboxylic acids is 2. The van der Waals surface area contributed by atoms with Gasteiger partial charge in [-0.1, -0.05) is 12.1 Å². The molecule has 3 aromatic carbocycles. The number of carbonyl (C=O) groups is 2. The van der Waals surface area contributed by atoms with E-state index in [9.17, 15) is 9.59 Å². The Labute approximate surface area is 196 Å². The predicted octanol–water partition coefficient (Wildman–Crippen LogP) is 4.35. The fraction of sp³-hybridized carbons (Fsp3) is 0.154. The minimum atomic E-state index is -0.354. The van der Waals surface area contributed by atoms with Crippen molar-refractivity contribution in [2.24, 2.45) is 0 Å². The SMILES string of the molecule is COc1ccc(OC)c(C=C2Oc3cc(OCC(=O)Nc4ccccc4OC)ccc3C2=O)c1. The number of ether oxygens (including phenoxy) is 5. The number of nitrogens with one attached hydrogen (secondary N) is 1. The average Bonchev–Trinajstić information content (AvgIpc) is 3.17. The Morgan fingerprint density at radius 3 is 2.44 bits per heavy atom. The molecule has 0 saturated heterocycles. The number of methoxy groups -OCH3 is 3. The average molecular weight is 461 g/mol. The summed E-state index contributed by atoms with van der Waals surface area (Å²) in [7, 11) is 4.63. The first kappa shape index (κ1) is 22.7. The Bertz CT molecular complexity index is 1270. The maximum Gasteiger partial charge on any atom is 0.262 e. The van der Waals surface area contributed by atoms with E-state index in [1.807, 2.05) is 6.07 Å². The van der Waals surface area contributed by atoms with Crippen LogP contribution in [-0.2, 0) is 4.79 Å². The molecule has 3 aromatic rings. The predicted molar refractivity (Wildman–Crippen MR) is 126 cm³/mol. The second-order valence-corrected chi connectivity index (χ2v) is 7.24. The van der Waals surface area contributed by atoms with E-state index < -0.39 is 0 Å². The van der Waals surface area contributed by atoms with Crippen molar-refractivity contribution in [3.05, 3.63) is 77.5 Å². The quantitative estimate of drug-likeness (QED) is 0.499.